The third kappa shape index (κ3) is 5.34. The van der Waals surface area contributed by atoms with Crippen LogP contribution < -0.4 is 10.0 Å². The number of benzene rings is 2. The van der Waals surface area contributed by atoms with E-state index in [2.05, 4.69) is 26.0 Å². The highest BCUT2D eigenvalue weighted by molar-refractivity contribution is 9.10. The molecule has 27 heavy (non-hydrogen) atoms. The molecule has 2 rings (SSSR count). The van der Waals surface area contributed by atoms with Crippen LogP contribution in [0, 0.1) is 12.7 Å². The summed E-state index contributed by atoms with van der Waals surface area (Å²) in [5.74, 6) is -2.73. The summed E-state index contributed by atoms with van der Waals surface area (Å²) in [5, 5.41) is 2.57. The van der Waals surface area contributed by atoms with Crippen molar-refractivity contribution >= 4 is 43.5 Å². The third-order valence-corrected chi connectivity index (χ3v) is 5.44. The second-order valence-electron chi connectivity index (χ2n) is 5.43. The zero-order valence-corrected chi connectivity index (χ0v) is 16.8. The number of hydrogen-bond acceptors (Lipinski definition) is 5. The van der Waals surface area contributed by atoms with Crippen LogP contribution in [0.4, 0.5) is 10.1 Å². The van der Waals surface area contributed by atoms with Gasteiger partial charge in [0, 0.05) is 10.2 Å². The summed E-state index contributed by atoms with van der Waals surface area (Å²) >= 11 is 3.30. The lowest BCUT2D eigenvalue weighted by molar-refractivity contribution is -0.119. The maximum Gasteiger partial charge on any atom is 0.341 e. The molecule has 144 valence electrons. The highest BCUT2D eigenvalue weighted by atomic mass is 79.9. The van der Waals surface area contributed by atoms with E-state index in [1.807, 2.05) is 0 Å². The number of amides is 1. The predicted molar refractivity (Wildman–Crippen MR) is 100 cm³/mol. The zero-order valence-electron chi connectivity index (χ0n) is 14.4. The molecule has 0 spiro atoms. The van der Waals surface area contributed by atoms with Gasteiger partial charge < -0.3 is 10.1 Å². The molecule has 0 aliphatic rings. The second-order valence-corrected chi connectivity index (χ2v) is 8.23. The highest BCUT2D eigenvalue weighted by Gasteiger charge is 2.20. The van der Waals surface area contributed by atoms with Crippen molar-refractivity contribution in [3.8, 4) is 0 Å². The lowest BCUT2D eigenvalue weighted by Crippen LogP contribution is -2.22. The Morgan fingerprint density at radius 3 is 2.52 bits per heavy atom. The molecule has 0 aromatic heterocycles. The molecule has 0 atom stereocenters. The maximum atomic E-state index is 13.9. The first-order valence-electron chi connectivity index (χ1n) is 7.60. The third-order valence-electron chi connectivity index (χ3n) is 3.53. The monoisotopic (exact) mass is 458 g/mol. The van der Waals surface area contributed by atoms with Crippen LogP contribution in [0.1, 0.15) is 15.9 Å². The van der Waals surface area contributed by atoms with Crippen LogP contribution in [0.25, 0.3) is 0 Å². The molecule has 1 amide bonds. The smallest absolute Gasteiger partial charge is 0.341 e. The SMILES string of the molecule is CNS(=O)(=O)c1ccc(F)c(C(=O)OCC(=O)Nc2ccc(Br)cc2C)c1. The van der Waals surface area contributed by atoms with Crippen molar-refractivity contribution in [1.29, 1.82) is 0 Å². The largest absolute Gasteiger partial charge is 0.452 e. The average Bonchev–Trinajstić information content (AvgIpc) is 2.62. The van der Waals surface area contributed by atoms with Crippen LogP contribution in [0.2, 0.25) is 0 Å². The van der Waals surface area contributed by atoms with E-state index < -0.39 is 39.9 Å². The van der Waals surface area contributed by atoms with Gasteiger partial charge in [0.1, 0.15) is 5.82 Å². The fraction of sp³-hybridized carbons (Fsp3) is 0.176. The number of aryl methyl sites for hydroxylation is 1. The standard InChI is InChI=1S/C17H16BrFN2O5S/c1-10-7-11(18)3-6-15(10)21-16(22)9-26-17(23)13-8-12(4-5-14(13)19)27(24,25)20-2/h3-8,20H,9H2,1-2H3,(H,21,22). The second kappa shape index (κ2) is 8.59. The quantitative estimate of drug-likeness (QED) is 0.647. The number of halogens is 2. The van der Waals surface area contributed by atoms with Crippen LogP contribution in [0.15, 0.2) is 45.8 Å². The summed E-state index contributed by atoms with van der Waals surface area (Å²) in [6.07, 6.45) is 0. The highest BCUT2D eigenvalue weighted by Crippen LogP contribution is 2.20. The molecular formula is C17H16BrFN2O5S. The fourth-order valence-corrected chi connectivity index (χ4v) is 3.34. The van der Waals surface area contributed by atoms with Crippen molar-refractivity contribution in [2.45, 2.75) is 11.8 Å². The van der Waals surface area contributed by atoms with E-state index in [1.165, 1.54) is 7.05 Å². The molecular weight excluding hydrogens is 443 g/mol. The van der Waals surface area contributed by atoms with Crippen LogP contribution in [-0.4, -0.2) is 33.9 Å². The summed E-state index contributed by atoms with van der Waals surface area (Å²) < 4.78 is 45.1. The Bertz CT molecular complexity index is 995. The number of anilines is 1. The molecule has 0 heterocycles. The summed E-state index contributed by atoms with van der Waals surface area (Å²) in [5.41, 5.74) is 0.742. The molecule has 0 saturated carbocycles. The van der Waals surface area contributed by atoms with Crippen LogP contribution in [0.5, 0.6) is 0 Å². The van der Waals surface area contributed by atoms with E-state index in [0.717, 1.165) is 28.2 Å². The number of hydrogen-bond donors (Lipinski definition) is 2. The molecule has 7 nitrogen and oxygen atoms in total. The number of carbonyl (C=O) groups is 2. The normalized spacial score (nSPS) is 11.1. The van der Waals surface area contributed by atoms with Gasteiger partial charge in [-0.1, -0.05) is 15.9 Å². The minimum Gasteiger partial charge on any atom is -0.452 e. The molecule has 0 fully saturated rings. The molecule has 0 unspecified atom stereocenters. The summed E-state index contributed by atoms with van der Waals surface area (Å²) in [6.45, 7) is 1.13. The van der Waals surface area contributed by atoms with Gasteiger partial charge in [0.15, 0.2) is 6.61 Å². The van der Waals surface area contributed by atoms with Crippen LogP contribution in [0.3, 0.4) is 0 Å². The first kappa shape index (κ1) is 21.0. The average molecular weight is 459 g/mol. The van der Waals surface area contributed by atoms with Crippen molar-refractivity contribution in [3.05, 3.63) is 57.8 Å². The first-order valence-corrected chi connectivity index (χ1v) is 9.88. The van der Waals surface area contributed by atoms with Gasteiger partial charge in [-0.25, -0.2) is 22.3 Å². The Morgan fingerprint density at radius 2 is 1.89 bits per heavy atom. The minimum atomic E-state index is -3.86. The summed E-state index contributed by atoms with van der Waals surface area (Å²) in [7, 11) is -2.67. The molecule has 10 heteroatoms. The summed E-state index contributed by atoms with van der Waals surface area (Å²) in [4.78, 5) is 23.7. The number of rotatable bonds is 6. The van der Waals surface area contributed by atoms with Gasteiger partial charge in [0.05, 0.1) is 10.5 Å². The maximum absolute atomic E-state index is 13.9. The van der Waals surface area contributed by atoms with Crippen LogP contribution in [-0.2, 0) is 19.6 Å². The number of esters is 1. The predicted octanol–water partition coefficient (Wildman–Crippen LogP) is 2.60. The Morgan fingerprint density at radius 1 is 1.19 bits per heavy atom. The Hall–Kier alpha value is -2.30. The molecule has 0 aliphatic carbocycles. The molecule has 2 N–H and O–H groups in total. The minimum absolute atomic E-state index is 0.298. The van der Waals surface area contributed by atoms with Crippen molar-refractivity contribution in [2.75, 3.05) is 19.0 Å². The molecule has 0 saturated heterocycles. The van der Waals surface area contributed by atoms with E-state index in [9.17, 15) is 22.4 Å². The topological polar surface area (TPSA) is 102 Å². The summed E-state index contributed by atoms with van der Waals surface area (Å²) in [6, 6.07) is 7.90. The van der Waals surface area contributed by atoms with Gasteiger partial charge in [0.25, 0.3) is 5.91 Å². The molecule has 0 bridgehead atoms. The fourth-order valence-electron chi connectivity index (χ4n) is 2.11. The van der Waals surface area contributed by atoms with Gasteiger partial charge >= 0.3 is 5.97 Å². The lowest BCUT2D eigenvalue weighted by Gasteiger charge is -2.10. The molecule has 0 aliphatic heterocycles. The Balaban J connectivity index is 2.07. The Labute approximate surface area is 164 Å². The Kier molecular flexibility index (Phi) is 6.68. The van der Waals surface area contributed by atoms with Gasteiger partial charge in [-0.3, -0.25) is 4.79 Å². The van der Waals surface area contributed by atoms with E-state index in [1.54, 1.807) is 25.1 Å². The van der Waals surface area contributed by atoms with Crippen molar-refractivity contribution in [3.63, 3.8) is 0 Å². The van der Waals surface area contributed by atoms with Gasteiger partial charge in [-0.2, -0.15) is 0 Å². The zero-order chi connectivity index (χ0) is 20.2. The van der Waals surface area contributed by atoms with E-state index in [-0.39, 0.29) is 4.90 Å². The molecule has 2 aromatic rings. The van der Waals surface area contributed by atoms with E-state index in [0.29, 0.717) is 5.69 Å². The van der Waals surface area contributed by atoms with Crippen LogP contribution >= 0.6 is 15.9 Å². The first-order chi connectivity index (χ1) is 12.6. The molecule has 2 aromatic carbocycles. The number of nitrogens with one attached hydrogen (secondary N) is 2. The molecule has 0 radical (unpaired) electrons. The van der Waals surface area contributed by atoms with Crippen molar-refractivity contribution in [1.82, 2.24) is 4.72 Å². The van der Waals surface area contributed by atoms with E-state index in [4.69, 9.17) is 4.74 Å². The lowest BCUT2D eigenvalue weighted by atomic mass is 10.2. The number of carbonyl (C=O) groups excluding carboxylic acids is 2. The van der Waals surface area contributed by atoms with Gasteiger partial charge in [-0.05, 0) is 55.9 Å². The van der Waals surface area contributed by atoms with Crippen molar-refractivity contribution in [2.24, 2.45) is 0 Å². The number of ether oxygens (including phenoxy) is 1. The van der Waals surface area contributed by atoms with Gasteiger partial charge in [-0.15, -0.1) is 0 Å². The van der Waals surface area contributed by atoms with Crippen molar-refractivity contribution < 1.29 is 27.1 Å². The van der Waals surface area contributed by atoms with E-state index >= 15 is 0 Å². The number of sulfonamides is 1. The van der Waals surface area contributed by atoms with Gasteiger partial charge in [0.2, 0.25) is 10.0 Å².